The Kier molecular flexibility index (Phi) is 4.05. The number of hydrogen-bond acceptors (Lipinski definition) is 2. The highest BCUT2D eigenvalue weighted by atomic mass is 16.5. The summed E-state index contributed by atoms with van der Waals surface area (Å²) in [4.78, 5) is 0. The Balaban J connectivity index is 2.59. The molecular weight excluding hydrogens is 176 g/mol. The van der Waals surface area contributed by atoms with Gasteiger partial charge in [-0.15, -0.1) is 0 Å². The third-order valence-electron chi connectivity index (χ3n) is 1.84. The van der Waals surface area contributed by atoms with Crippen molar-refractivity contribution in [1.82, 2.24) is 0 Å². The fraction of sp³-hybridized carbons (Fsp3) is 0.333. The van der Waals surface area contributed by atoms with Gasteiger partial charge in [0, 0.05) is 0 Å². The molecule has 0 aliphatic carbocycles. The van der Waals surface area contributed by atoms with E-state index in [-0.39, 0.29) is 6.10 Å². The Hall–Kier alpha value is -1.44. The summed E-state index contributed by atoms with van der Waals surface area (Å²) in [5.74, 6) is 1.70. The third-order valence-corrected chi connectivity index (χ3v) is 1.84. The minimum atomic E-state index is 0.105. The molecular formula is C12H16O2. The average Bonchev–Trinajstić information content (AvgIpc) is 2.19. The summed E-state index contributed by atoms with van der Waals surface area (Å²) >= 11 is 0. The SMILES string of the molecule is CC=CC(C)Oc1ccc(OC)cc1. The molecule has 0 aliphatic rings. The molecule has 0 heterocycles. The van der Waals surface area contributed by atoms with E-state index < -0.39 is 0 Å². The molecule has 0 radical (unpaired) electrons. The van der Waals surface area contributed by atoms with Gasteiger partial charge in [-0.05, 0) is 44.2 Å². The van der Waals surface area contributed by atoms with Gasteiger partial charge in [0.25, 0.3) is 0 Å². The number of methoxy groups -OCH3 is 1. The van der Waals surface area contributed by atoms with Gasteiger partial charge >= 0.3 is 0 Å². The van der Waals surface area contributed by atoms with E-state index in [9.17, 15) is 0 Å². The molecule has 2 heteroatoms. The molecule has 0 saturated heterocycles. The van der Waals surface area contributed by atoms with Gasteiger partial charge in [-0.2, -0.15) is 0 Å². The minimum Gasteiger partial charge on any atom is -0.497 e. The first kappa shape index (κ1) is 10.6. The smallest absolute Gasteiger partial charge is 0.120 e. The van der Waals surface area contributed by atoms with E-state index in [0.717, 1.165) is 11.5 Å². The summed E-state index contributed by atoms with van der Waals surface area (Å²) < 4.78 is 10.7. The zero-order chi connectivity index (χ0) is 10.4. The molecule has 2 nitrogen and oxygen atoms in total. The number of hydrogen-bond donors (Lipinski definition) is 0. The summed E-state index contributed by atoms with van der Waals surface area (Å²) in [6.07, 6.45) is 4.09. The molecule has 1 rings (SSSR count). The lowest BCUT2D eigenvalue weighted by Crippen LogP contribution is -2.07. The van der Waals surface area contributed by atoms with Crippen LogP contribution in [0.15, 0.2) is 36.4 Å². The van der Waals surface area contributed by atoms with Crippen LogP contribution in [-0.4, -0.2) is 13.2 Å². The monoisotopic (exact) mass is 192 g/mol. The van der Waals surface area contributed by atoms with Crippen LogP contribution in [0.4, 0.5) is 0 Å². The van der Waals surface area contributed by atoms with Crippen molar-refractivity contribution in [3.8, 4) is 11.5 Å². The van der Waals surface area contributed by atoms with Crippen molar-refractivity contribution in [3.63, 3.8) is 0 Å². The average molecular weight is 192 g/mol. The fourth-order valence-corrected chi connectivity index (χ4v) is 1.18. The second kappa shape index (κ2) is 5.32. The first-order valence-electron chi connectivity index (χ1n) is 4.69. The highest BCUT2D eigenvalue weighted by Gasteiger charge is 1.98. The summed E-state index contributed by atoms with van der Waals surface area (Å²) in [7, 11) is 1.65. The lowest BCUT2D eigenvalue weighted by Gasteiger charge is -2.10. The van der Waals surface area contributed by atoms with E-state index in [2.05, 4.69) is 0 Å². The van der Waals surface area contributed by atoms with Crippen molar-refractivity contribution in [3.05, 3.63) is 36.4 Å². The predicted octanol–water partition coefficient (Wildman–Crippen LogP) is 3.04. The van der Waals surface area contributed by atoms with Gasteiger partial charge in [-0.1, -0.05) is 6.08 Å². The molecule has 0 saturated carbocycles. The van der Waals surface area contributed by atoms with Gasteiger partial charge in [0.15, 0.2) is 0 Å². The van der Waals surface area contributed by atoms with E-state index in [1.54, 1.807) is 7.11 Å². The second-order valence-electron chi connectivity index (χ2n) is 3.02. The van der Waals surface area contributed by atoms with Crippen LogP contribution in [0.25, 0.3) is 0 Å². The van der Waals surface area contributed by atoms with Gasteiger partial charge in [0.2, 0.25) is 0 Å². The highest BCUT2D eigenvalue weighted by molar-refractivity contribution is 5.31. The molecule has 1 atom stereocenters. The Bertz CT molecular complexity index is 288. The second-order valence-corrected chi connectivity index (χ2v) is 3.02. The number of benzene rings is 1. The zero-order valence-electron chi connectivity index (χ0n) is 8.86. The minimum absolute atomic E-state index is 0.105. The number of ether oxygens (including phenoxy) is 2. The molecule has 0 amide bonds. The maximum Gasteiger partial charge on any atom is 0.120 e. The number of allylic oxidation sites excluding steroid dienone is 1. The quantitative estimate of drug-likeness (QED) is 0.683. The van der Waals surface area contributed by atoms with Gasteiger partial charge in [0.1, 0.15) is 17.6 Å². The normalized spacial score (nSPS) is 12.8. The predicted molar refractivity (Wildman–Crippen MR) is 57.9 cm³/mol. The Morgan fingerprint density at radius 1 is 1.14 bits per heavy atom. The molecule has 0 N–H and O–H groups in total. The molecule has 0 aromatic heterocycles. The maximum absolute atomic E-state index is 5.61. The Morgan fingerprint density at radius 2 is 1.71 bits per heavy atom. The Labute approximate surface area is 85.2 Å². The van der Waals surface area contributed by atoms with Crippen LogP contribution in [0, 0.1) is 0 Å². The van der Waals surface area contributed by atoms with E-state index in [1.165, 1.54) is 0 Å². The van der Waals surface area contributed by atoms with Gasteiger partial charge in [0.05, 0.1) is 7.11 Å². The molecule has 0 bridgehead atoms. The summed E-state index contributed by atoms with van der Waals surface area (Å²) in [5, 5.41) is 0. The van der Waals surface area contributed by atoms with E-state index >= 15 is 0 Å². The van der Waals surface area contributed by atoms with E-state index in [0.29, 0.717) is 0 Å². The molecule has 1 aromatic rings. The van der Waals surface area contributed by atoms with Crippen LogP contribution in [0.5, 0.6) is 11.5 Å². The molecule has 0 spiro atoms. The molecule has 76 valence electrons. The third kappa shape index (κ3) is 3.13. The van der Waals surface area contributed by atoms with Crippen LogP contribution in [-0.2, 0) is 0 Å². The standard InChI is InChI=1S/C12H16O2/c1-4-5-10(2)14-12-8-6-11(13-3)7-9-12/h4-10H,1-3H3. The van der Waals surface area contributed by atoms with E-state index in [1.807, 2.05) is 50.3 Å². The Morgan fingerprint density at radius 3 is 2.21 bits per heavy atom. The van der Waals surface area contributed by atoms with Gasteiger partial charge < -0.3 is 9.47 Å². The van der Waals surface area contributed by atoms with Crippen LogP contribution >= 0.6 is 0 Å². The van der Waals surface area contributed by atoms with Crippen LogP contribution in [0.3, 0.4) is 0 Å². The zero-order valence-corrected chi connectivity index (χ0v) is 8.86. The number of rotatable bonds is 4. The largest absolute Gasteiger partial charge is 0.497 e. The lowest BCUT2D eigenvalue weighted by atomic mass is 10.3. The lowest BCUT2D eigenvalue weighted by molar-refractivity contribution is 0.269. The van der Waals surface area contributed by atoms with Crippen LogP contribution < -0.4 is 9.47 Å². The van der Waals surface area contributed by atoms with Crippen LogP contribution in [0.2, 0.25) is 0 Å². The first-order chi connectivity index (χ1) is 6.76. The molecule has 0 aliphatic heterocycles. The van der Waals surface area contributed by atoms with Gasteiger partial charge in [-0.25, -0.2) is 0 Å². The fourth-order valence-electron chi connectivity index (χ4n) is 1.18. The summed E-state index contributed by atoms with van der Waals surface area (Å²) in [6.45, 7) is 3.98. The molecule has 1 unspecified atom stereocenters. The van der Waals surface area contributed by atoms with Crippen molar-refractivity contribution < 1.29 is 9.47 Å². The maximum atomic E-state index is 5.61. The molecule has 1 aromatic carbocycles. The highest BCUT2D eigenvalue weighted by Crippen LogP contribution is 2.18. The summed E-state index contributed by atoms with van der Waals surface area (Å²) in [5.41, 5.74) is 0. The first-order valence-corrected chi connectivity index (χ1v) is 4.69. The van der Waals surface area contributed by atoms with Crippen LogP contribution in [0.1, 0.15) is 13.8 Å². The summed E-state index contributed by atoms with van der Waals surface area (Å²) in [6, 6.07) is 7.58. The van der Waals surface area contributed by atoms with Crippen molar-refractivity contribution >= 4 is 0 Å². The van der Waals surface area contributed by atoms with Crippen molar-refractivity contribution in [1.29, 1.82) is 0 Å². The topological polar surface area (TPSA) is 18.5 Å². The van der Waals surface area contributed by atoms with Crippen molar-refractivity contribution in [2.75, 3.05) is 7.11 Å². The molecule has 14 heavy (non-hydrogen) atoms. The molecule has 0 fully saturated rings. The van der Waals surface area contributed by atoms with Crippen molar-refractivity contribution in [2.45, 2.75) is 20.0 Å². The van der Waals surface area contributed by atoms with Gasteiger partial charge in [-0.3, -0.25) is 0 Å². The van der Waals surface area contributed by atoms with Crippen molar-refractivity contribution in [2.24, 2.45) is 0 Å². The van der Waals surface area contributed by atoms with E-state index in [4.69, 9.17) is 9.47 Å².